The van der Waals surface area contributed by atoms with Gasteiger partial charge in [0.2, 0.25) is 21.9 Å². The molecule has 4 aromatic rings. The van der Waals surface area contributed by atoms with Crippen LogP contribution in [0.2, 0.25) is 0 Å². The molecule has 200 valence electrons. The van der Waals surface area contributed by atoms with E-state index in [1.165, 1.54) is 45.2 Å². The summed E-state index contributed by atoms with van der Waals surface area (Å²) in [5.41, 5.74) is 0.933. The van der Waals surface area contributed by atoms with Gasteiger partial charge < -0.3 is 19.3 Å². The lowest BCUT2D eigenvalue weighted by molar-refractivity contribution is 0.175. The molecule has 0 radical (unpaired) electrons. The van der Waals surface area contributed by atoms with Crippen molar-refractivity contribution in [3.63, 3.8) is 0 Å². The number of benzene rings is 1. The highest BCUT2D eigenvalue weighted by Gasteiger charge is 2.33. The van der Waals surface area contributed by atoms with E-state index in [-0.39, 0.29) is 17.3 Å². The van der Waals surface area contributed by atoms with Crippen molar-refractivity contribution in [1.82, 2.24) is 29.7 Å². The lowest BCUT2D eigenvalue weighted by atomic mass is 10.1. The number of aryl methyl sites for hydroxylation is 1. The second kappa shape index (κ2) is 11.0. The average Bonchev–Trinajstić information content (AvgIpc) is 3.34. The molecule has 0 bridgehead atoms. The molecule has 38 heavy (non-hydrogen) atoms. The number of aromatic nitrogens is 6. The number of anilines is 1. The molecule has 0 fully saturated rings. The Morgan fingerprint density at radius 2 is 1.58 bits per heavy atom. The highest BCUT2D eigenvalue weighted by Crippen LogP contribution is 2.38. The molecule has 4 rings (SSSR count). The van der Waals surface area contributed by atoms with Gasteiger partial charge in [0.25, 0.3) is 0 Å². The van der Waals surface area contributed by atoms with Crippen molar-refractivity contribution in [2.75, 3.05) is 26.1 Å². The van der Waals surface area contributed by atoms with Gasteiger partial charge in [0.05, 0.1) is 21.3 Å². The zero-order valence-corrected chi connectivity index (χ0v) is 22.2. The Morgan fingerprint density at radius 1 is 0.947 bits per heavy atom. The lowest BCUT2D eigenvalue weighted by Gasteiger charge is -2.21. The first-order valence-electron chi connectivity index (χ1n) is 11.4. The van der Waals surface area contributed by atoms with E-state index in [2.05, 4.69) is 29.9 Å². The van der Waals surface area contributed by atoms with Crippen LogP contribution in [0.3, 0.4) is 0 Å². The van der Waals surface area contributed by atoms with Crippen molar-refractivity contribution in [3.8, 4) is 34.6 Å². The number of nitrogens with one attached hydrogen (secondary N) is 1. The second-order valence-corrected chi connectivity index (χ2v) is 10.2. The molecule has 0 amide bonds. The molecule has 13 nitrogen and oxygen atoms in total. The molecule has 0 spiro atoms. The molecule has 0 saturated carbocycles. The number of rotatable bonds is 10. The normalized spacial score (nSPS) is 13.0. The number of pyridine rings is 1. The first-order valence-corrected chi connectivity index (χ1v) is 12.9. The second-order valence-electron chi connectivity index (χ2n) is 8.12. The Labute approximate surface area is 219 Å². The maximum absolute atomic E-state index is 13.4. The standard InChI is InChI=1S/C24H27N7O6S/c1-14(22(32)16-12-25-15(2)26-13-16)38(33,34)30-24-29-28-23(17-8-6-11-20(27-17)37-5)31(24)21-18(35-3)9-7-10-19(21)36-4/h6-14,22,32H,1-5H3,(H,29,30). The van der Waals surface area contributed by atoms with Crippen LogP contribution in [0.5, 0.6) is 17.4 Å². The number of nitrogens with zero attached hydrogens (tertiary/aromatic N) is 6. The third-order valence-corrected chi connectivity index (χ3v) is 7.46. The molecule has 3 heterocycles. The molecule has 1 aromatic carbocycles. The quantitative estimate of drug-likeness (QED) is 0.303. The van der Waals surface area contributed by atoms with Gasteiger partial charge in [-0.2, -0.15) is 0 Å². The number of aliphatic hydroxyl groups excluding tert-OH is 1. The Balaban J connectivity index is 1.84. The predicted molar refractivity (Wildman–Crippen MR) is 138 cm³/mol. The predicted octanol–water partition coefficient (Wildman–Crippen LogP) is 2.32. The van der Waals surface area contributed by atoms with Gasteiger partial charge in [-0.05, 0) is 32.0 Å². The van der Waals surface area contributed by atoms with Crippen LogP contribution in [0.1, 0.15) is 24.4 Å². The van der Waals surface area contributed by atoms with Crippen LogP contribution < -0.4 is 18.9 Å². The van der Waals surface area contributed by atoms with Gasteiger partial charge in [-0.15, -0.1) is 10.2 Å². The van der Waals surface area contributed by atoms with Crippen molar-refractivity contribution in [1.29, 1.82) is 0 Å². The number of para-hydroxylation sites is 1. The monoisotopic (exact) mass is 541 g/mol. The highest BCUT2D eigenvalue weighted by molar-refractivity contribution is 7.93. The van der Waals surface area contributed by atoms with Crippen molar-refractivity contribution in [3.05, 3.63) is 60.2 Å². The van der Waals surface area contributed by atoms with Gasteiger partial charge in [0, 0.05) is 24.0 Å². The van der Waals surface area contributed by atoms with Gasteiger partial charge in [0.15, 0.2) is 5.82 Å². The highest BCUT2D eigenvalue weighted by atomic mass is 32.2. The van der Waals surface area contributed by atoms with Crippen LogP contribution in [0, 0.1) is 6.92 Å². The van der Waals surface area contributed by atoms with E-state index in [0.717, 1.165) is 0 Å². The first kappa shape index (κ1) is 26.8. The zero-order valence-electron chi connectivity index (χ0n) is 21.4. The average molecular weight is 542 g/mol. The molecule has 2 unspecified atom stereocenters. The van der Waals surface area contributed by atoms with Crippen LogP contribution in [0.4, 0.5) is 5.95 Å². The van der Waals surface area contributed by atoms with E-state index >= 15 is 0 Å². The number of aliphatic hydroxyl groups is 1. The molecule has 0 aliphatic heterocycles. The van der Waals surface area contributed by atoms with Gasteiger partial charge in [-0.1, -0.05) is 12.1 Å². The van der Waals surface area contributed by atoms with E-state index in [1.807, 2.05) is 0 Å². The summed E-state index contributed by atoms with van der Waals surface area (Å²) in [6.45, 7) is 3.05. The fourth-order valence-corrected chi connectivity index (χ4v) is 4.72. The summed E-state index contributed by atoms with van der Waals surface area (Å²) < 4.78 is 47.1. The van der Waals surface area contributed by atoms with E-state index in [9.17, 15) is 13.5 Å². The summed E-state index contributed by atoms with van der Waals surface area (Å²) in [4.78, 5) is 12.5. The summed E-state index contributed by atoms with van der Waals surface area (Å²) >= 11 is 0. The molecule has 2 atom stereocenters. The first-order chi connectivity index (χ1) is 18.2. The van der Waals surface area contributed by atoms with Gasteiger partial charge >= 0.3 is 0 Å². The third-order valence-electron chi connectivity index (χ3n) is 5.76. The fraction of sp³-hybridized carbons (Fsp3) is 0.292. The number of hydrogen-bond acceptors (Lipinski definition) is 11. The van der Waals surface area contributed by atoms with Crippen molar-refractivity contribution in [2.45, 2.75) is 25.2 Å². The van der Waals surface area contributed by atoms with Crippen molar-refractivity contribution >= 4 is 16.0 Å². The van der Waals surface area contributed by atoms with Crippen LogP contribution in [-0.4, -0.2) is 69.8 Å². The van der Waals surface area contributed by atoms with Crippen molar-refractivity contribution < 1.29 is 27.7 Å². The number of hydrogen-bond donors (Lipinski definition) is 2. The largest absolute Gasteiger partial charge is 0.494 e. The Hall–Kier alpha value is -4.30. The molecule has 2 N–H and O–H groups in total. The SMILES string of the molecule is COc1cccc(-c2nnc(NS(=O)(=O)C(C)C(O)c3cnc(C)nc3)n2-c2c(OC)cccc2OC)n1. The topological polar surface area (TPSA) is 163 Å². The van der Waals surface area contributed by atoms with E-state index < -0.39 is 21.4 Å². The minimum absolute atomic E-state index is 0.174. The summed E-state index contributed by atoms with van der Waals surface area (Å²) in [5, 5.41) is 17.8. The smallest absolute Gasteiger partial charge is 0.243 e. The fourth-order valence-electron chi connectivity index (χ4n) is 3.65. The Kier molecular flexibility index (Phi) is 7.73. The zero-order chi connectivity index (χ0) is 27.4. The molecule has 0 aliphatic carbocycles. The third kappa shape index (κ3) is 5.21. The molecule has 0 saturated heterocycles. The maximum Gasteiger partial charge on any atom is 0.243 e. The minimum atomic E-state index is -4.23. The Morgan fingerprint density at radius 3 is 2.18 bits per heavy atom. The molecular formula is C24H27N7O6S. The van der Waals surface area contributed by atoms with Crippen molar-refractivity contribution in [2.24, 2.45) is 0 Å². The van der Waals surface area contributed by atoms with E-state index in [1.54, 1.807) is 43.3 Å². The Bertz CT molecular complexity index is 1500. The van der Waals surface area contributed by atoms with Gasteiger partial charge in [-0.3, -0.25) is 9.29 Å². The summed E-state index contributed by atoms with van der Waals surface area (Å²) in [5.74, 6) is 1.55. The number of methoxy groups -OCH3 is 3. The summed E-state index contributed by atoms with van der Waals surface area (Å²) in [6.07, 6.45) is 1.35. The maximum atomic E-state index is 13.4. The lowest BCUT2D eigenvalue weighted by Crippen LogP contribution is -2.32. The molecule has 0 aliphatic rings. The summed E-state index contributed by atoms with van der Waals surface area (Å²) in [6, 6.07) is 10.1. The van der Waals surface area contributed by atoms with E-state index in [0.29, 0.717) is 34.6 Å². The van der Waals surface area contributed by atoms with Gasteiger partial charge in [-0.25, -0.2) is 23.4 Å². The molecule has 3 aromatic heterocycles. The van der Waals surface area contributed by atoms with Crippen LogP contribution in [0.25, 0.3) is 17.2 Å². The number of sulfonamides is 1. The minimum Gasteiger partial charge on any atom is -0.494 e. The van der Waals surface area contributed by atoms with Gasteiger partial charge in [0.1, 0.15) is 40.1 Å². The van der Waals surface area contributed by atoms with Crippen LogP contribution >= 0.6 is 0 Å². The molecule has 14 heteroatoms. The molecular weight excluding hydrogens is 514 g/mol. The van der Waals surface area contributed by atoms with Crippen LogP contribution in [-0.2, 0) is 10.0 Å². The summed E-state index contributed by atoms with van der Waals surface area (Å²) in [7, 11) is 0.190. The van der Waals surface area contributed by atoms with Crippen LogP contribution in [0.15, 0.2) is 48.8 Å². The van der Waals surface area contributed by atoms with E-state index in [4.69, 9.17) is 14.2 Å². The number of ether oxygens (including phenoxy) is 3.